The molecule has 0 radical (unpaired) electrons. The highest BCUT2D eigenvalue weighted by Gasteiger charge is 2.46. The number of aromatic nitrogens is 1. The molecule has 1 aromatic heterocycles. The Hall–Kier alpha value is -0.990. The van der Waals surface area contributed by atoms with E-state index >= 15 is 0 Å². The van der Waals surface area contributed by atoms with E-state index < -0.39 is 9.84 Å². The van der Waals surface area contributed by atoms with Gasteiger partial charge >= 0.3 is 0 Å². The Bertz CT molecular complexity index is 655. The lowest BCUT2D eigenvalue weighted by Gasteiger charge is -2.42. The van der Waals surface area contributed by atoms with Crippen LogP contribution in [0, 0.1) is 6.92 Å². The van der Waals surface area contributed by atoms with Gasteiger partial charge in [-0.2, -0.15) is 0 Å². The van der Waals surface area contributed by atoms with E-state index in [4.69, 9.17) is 0 Å². The van der Waals surface area contributed by atoms with E-state index in [2.05, 4.69) is 9.88 Å². The van der Waals surface area contributed by atoms with E-state index in [1.807, 2.05) is 19.4 Å². The Labute approximate surface area is 128 Å². The van der Waals surface area contributed by atoms with E-state index in [-0.39, 0.29) is 35.9 Å². The van der Waals surface area contributed by atoms with E-state index in [1.54, 1.807) is 4.90 Å². The first-order valence-corrected chi connectivity index (χ1v) is 9.67. The Morgan fingerprint density at radius 3 is 2.76 bits per heavy atom. The molecule has 0 spiro atoms. The molecule has 0 unspecified atom stereocenters. The summed E-state index contributed by atoms with van der Waals surface area (Å²) in [6.07, 6.45) is 0.261. The molecule has 0 bridgehead atoms. The summed E-state index contributed by atoms with van der Waals surface area (Å²) in [6, 6.07) is -0.272. The summed E-state index contributed by atoms with van der Waals surface area (Å²) in [5.74, 6) is 0.234. The number of carbonyl (C=O) groups excluding carboxylic acids is 1. The zero-order valence-electron chi connectivity index (χ0n) is 12.2. The molecule has 0 N–H and O–H groups in total. The smallest absolute Gasteiger partial charge is 0.228 e. The number of likely N-dealkylation sites (N-methyl/N-ethyl adjacent to an activating group) is 1. The lowest BCUT2D eigenvalue weighted by molar-refractivity contribution is -0.135. The Balaban J connectivity index is 1.77. The number of amides is 1. The van der Waals surface area contributed by atoms with E-state index in [0.29, 0.717) is 6.54 Å². The number of thiazole rings is 1. The fourth-order valence-corrected chi connectivity index (χ4v) is 5.85. The van der Waals surface area contributed by atoms with Crippen LogP contribution in [0.5, 0.6) is 0 Å². The van der Waals surface area contributed by atoms with Crippen molar-refractivity contribution in [2.24, 2.45) is 0 Å². The molecule has 2 aliphatic rings. The number of rotatable bonds is 2. The van der Waals surface area contributed by atoms with Gasteiger partial charge in [-0.05, 0) is 14.0 Å². The van der Waals surface area contributed by atoms with Crippen molar-refractivity contribution in [1.29, 1.82) is 0 Å². The minimum Gasteiger partial charge on any atom is -0.335 e. The molecule has 8 heteroatoms. The second-order valence-electron chi connectivity index (χ2n) is 5.81. The third-order valence-electron chi connectivity index (χ3n) is 4.27. The van der Waals surface area contributed by atoms with Crippen molar-refractivity contribution >= 4 is 27.1 Å². The van der Waals surface area contributed by atoms with E-state index in [0.717, 1.165) is 17.2 Å². The molecule has 1 amide bonds. The predicted octanol–water partition coefficient (Wildman–Crippen LogP) is -0.0664. The van der Waals surface area contributed by atoms with Crippen molar-refractivity contribution in [2.75, 3.05) is 31.6 Å². The quantitative estimate of drug-likeness (QED) is 0.760. The van der Waals surface area contributed by atoms with Gasteiger partial charge in [-0.15, -0.1) is 11.3 Å². The summed E-state index contributed by atoms with van der Waals surface area (Å²) in [5, 5.41) is 2.84. The van der Waals surface area contributed by atoms with Gasteiger partial charge in [0.25, 0.3) is 0 Å². The number of nitrogens with zero attached hydrogens (tertiary/aromatic N) is 3. The first-order chi connectivity index (χ1) is 9.85. The van der Waals surface area contributed by atoms with E-state index in [1.165, 1.54) is 11.3 Å². The van der Waals surface area contributed by atoms with Crippen molar-refractivity contribution in [3.8, 4) is 0 Å². The molecule has 0 aliphatic carbocycles. The van der Waals surface area contributed by atoms with Crippen LogP contribution in [-0.4, -0.2) is 72.8 Å². The standard InChI is InChI=1S/C13H19N3O3S2/c1-9-14-10(6-20-9)5-13(17)16-4-3-15(2)11-7-21(18,19)8-12(11)16/h6,11-12H,3-5,7-8H2,1-2H3/t11-,12+/m0/s1. The molecule has 2 aliphatic heterocycles. The average molecular weight is 329 g/mol. The zero-order valence-corrected chi connectivity index (χ0v) is 13.8. The van der Waals surface area contributed by atoms with Crippen LogP contribution in [0.2, 0.25) is 0 Å². The Morgan fingerprint density at radius 2 is 2.10 bits per heavy atom. The minimum absolute atomic E-state index is 0.0134. The second-order valence-corrected chi connectivity index (χ2v) is 9.03. The molecule has 2 saturated heterocycles. The fourth-order valence-electron chi connectivity index (χ4n) is 3.18. The van der Waals surface area contributed by atoms with Gasteiger partial charge in [-0.3, -0.25) is 9.69 Å². The van der Waals surface area contributed by atoms with Crippen LogP contribution in [0.3, 0.4) is 0 Å². The highest BCUT2D eigenvalue weighted by atomic mass is 32.2. The molecule has 0 aromatic carbocycles. The van der Waals surface area contributed by atoms with Crippen molar-refractivity contribution in [3.63, 3.8) is 0 Å². The second kappa shape index (κ2) is 5.33. The maximum atomic E-state index is 12.5. The van der Waals surface area contributed by atoms with Gasteiger partial charge in [0.15, 0.2) is 9.84 Å². The summed E-state index contributed by atoms with van der Waals surface area (Å²) < 4.78 is 23.8. The van der Waals surface area contributed by atoms with Gasteiger partial charge in [0.05, 0.1) is 34.7 Å². The lowest BCUT2D eigenvalue weighted by Crippen LogP contribution is -2.59. The van der Waals surface area contributed by atoms with Gasteiger partial charge in [0.1, 0.15) is 0 Å². The third-order valence-corrected chi connectivity index (χ3v) is 6.79. The largest absolute Gasteiger partial charge is 0.335 e. The molecular weight excluding hydrogens is 310 g/mol. The van der Waals surface area contributed by atoms with Gasteiger partial charge in [0.2, 0.25) is 5.91 Å². The average Bonchev–Trinajstić information content (AvgIpc) is 2.92. The fraction of sp³-hybridized carbons (Fsp3) is 0.692. The molecule has 116 valence electrons. The van der Waals surface area contributed by atoms with Crippen LogP contribution in [0.4, 0.5) is 0 Å². The Morgan fingerprint density at radius 1 is 1.38 bits per heavy atom. The van der Waals surface area contributed by atoms with Gasteiger partial charge < -0.3 is 4.90 Å². The molecule has 2 atom stereocenters. The molecule has 3 rings (SSSR count). The number of fused-ring (bicyclic) bond motifs is 1. The van der Waals surface area contributed by atoms with Gasteiger partial charge in [0, 0.05) is 24.5 Å². The monoisotopic (exact) mass is 329 g/mol. The maximum absolute atomic E-state index is 12.5. The predicted molar refractivity (Wildman–Crippen MR) is 81.1 cm³/mol. The lowest BCUT2D eigenvalue weighted by atomic mass is 10.0. The molecule has 2 fully saturated rings. The first kappa shape index (κ1) is 14.9. The Kier molecular flexibility index (Phi) is 3.79. The van der Waals surface area contributed by atoms with Crippen molar-refractivity contribution in [3.05, 3.63) is 16.1 Å². The van der Waals surface area contributed by atoms with Crippen molar-refractivity contribution in [2.45, 2.75) is 25.4 Å². The topological polar surface area (TPSA) is 70.6 Å². The summed E-state index contributed by atoms with van der Waals surface area (Å²) in [5.41, 5.74) is 0.777. The van der Waals surface area contributed by atoms with E-state index in [9.17, 15) is 13.2 Å². The van der Waals surface area contributed by atoms with Crippen LogP contribution in [0.1, 0.15) is 10.7 Å². The summed E-state index contributed by atoms with van der Waals surface area (Å²) in [7, 11) is -1.11. The van der Waals surface area contributed by atoms with Crippen LogP contribution in [0.25, 0.3) is 0 Å². The first-order valence-electron chi connectivity index (χ1n) is 6.97. The maximum Gasteiger partial charge on any atom is 0.228 e. The highest BCUT2D eigenvalue weighted by molar-refractivity contribution is 7.91. The van der Waals surface area contributed by atoms with Crippen LogP contribution >= 0.6 is 11.3 Å². The van der Waals surface area contributed by atoms with Crippen molar-refractivity contribution < 1.29 is 13.2 Å². The number of piperazine rings is 1. The van der Waals surface area contributed by atoms with Crippen molar-refractivity contribution in [1.82, 2.24) is 14.8 Å². The SMILES string of the molecule is Cc1nc(CC(=O)N2CCN(C)[C@H]3CS(=O)(=O)C[C@H]32)cs1. The highest BCUT2D eigenvalue weighted by Crippen LogP contribution is 2.26. The van der Waals surface area contributed by atoms with Gasteiger partial charge in [-0.1, -0.05) is 0 Å². The van der Waals surface area contributed by atoms with Crippen LogP contribution in [0.15, 0.2) is 5.38 Å². The van der Waals surface area contributed by atoms with Crippen LogP contribution < -0.4 is 0 Å². The number of hydrogen-bond donors (Lipinski definition) is 0. The molecule has 6 nitrogen and oxygen atoms in total. The van der Waals surface area contributed by atoms with Gasteiger partial charge in [-0.25, -0.2) is 13.4 Å². The molecule has 0 saturated carbocycles. The molecular formula is C13H19N3O3S2. The number of hydrogen-bond acceptors (Lipinski definition) is 6. The summed E-state index contributed by atoms with van der Waals surface area (Å²) in [4.78, 5) is 20.6. The summed E-state index contributed by atoms with van der Waals surface area (Å²) in [6.45, 7) is 3.22. The number of aryl methyl sites for hydroxylation is 1. The molecule has 21 heavy (non-hydrogen) atoms. The minimum atomic E-state index is -3.05. The normalized spacial score (nSPS) is 28.6. The summed E-state index contributed by atoms with van der Waals surface area (Å²) >= 11 is 1.53. The number of sulfone groups is 1. The zero-order chi connectivity index (χ0) is 15.2. The molecule has 3 heterocycles. The third kappa shape index (κ3) is 2.97. The molecule has 1 aromatic rings. The van der Waals surface area contributed by atoms with Crippen LogP contribution in [-0.2, 0) is 21.1 Å². The number of carbonyl (C=O) groups is 1.